The number of aliphatic hydroxyl groups is 1. The first-order valence-electron chi connectivity index (χ1n) is 7.32. The summed E-state index contributed by atoms with van der Waals surface area (Å²) < 4.78 is 5.86. The summed E-state index contributed by atoms with van der Waals surface area (Å²) in [7, 11) is 0. The van der Waals surface area contributed by atoms with Crippen LogP contribution in [0, 0.1) is 5.41 Å². The number of aliphatic hydroxyl groups excluding tert-OH is 1. The molecule has 1 fully saturated rings. The van der Waals surface area contributed by atoms with Gasteiger partial charge in [-0.15, -0.1) is 0 Å². The number of hydrogen-bond donors (Lipinski definition) is 1. The van der Waals surface area contributed by atoms with Crippen LogP contribution in [0.4, 0.5) is 0 Å². The summed E-state index contributed by atoms with van der Waals surface area (Å²) in [6, 6.07) is 9.75. The van der Waals surface area contributed by atoms with E-state index >= 15 is 0 Å². The SMILES string of the molecule is CC1(C)[C@H](OCc2ccccc2)C(=O)N(C(C)(C)C)[C@@H]1O. The van der Waals surface area contributed by atoms with E-state index in [4.69, 9.17) is 4.74 Å². The van der Waals surface area contributed by atoms with Gasteiger partial charge in [0.15, 0.2) is 0 Å². The first kappa shape index (κ1) is 16.0. The maximum Gasteiger partial charge on any atom is 0.254 e. The third kappa shape index (κ3) is 2.97. The van der Waals surface area contributed by atoms with Gasteiger partial charge in [-0.3, -0.25) is 4.79 Å². The zero-order valence-electron chi connectivity index (χ0n) is 13.5. The third-order valence-electron chi connectivity index (χ3n) is 4.03. The Balaban J connectivity index is 2.17. The molecule has 21 heavy (non-hydrogen) atoms. The van der Waals surface area contributed by atoms with Crippen LogP contribution in [0.3, 0.4) is 0 Å². The van der Waals surface area contributed by atoms with Gasteiger partial charge in [-0.1, -0.05) is 44.2 Å². The van der Waals surface area contributed by atoms with Crippen molar-refractivity contribution in [2.45, 2.75) is 59.1 Å². The molecule has 116 valence electrons. The maximum absolute atomic E-state index is 12.6. The average Bonchev–Trinajstić information content (AvgIpc) is 2.55. The molecule has 0 unspecified atom stereocenters. The number of carbonyl (C=O) groups excluding carboxylic acids is 1. The van der Waals surface area contributed by atoms with Crippen LogP contribution in [0.2, 0.25) is 0 Å². The van der Waals surface area contributed by atoms with E-state index in [1.54, 1.807) is 0 Å². The molecule has 1 N–H and O–H groups in total. The van der Waals surface area contributed by atoms with Gasteiger partial charge < -0.3 is 14.7 Å². The molecule has 0 aliphatic carbocycles. The highest BCUT2D eigenvalue weighted by Crippen LogP contribution is 2.41. The normalized spacial score (nSPS) is 25.4. The molecule has 1 aromatic rings. The second kappa shape index (κ2) is 5.43. The molecular formula is C17H25NO3. The molecule has 0 saturated carbocycles. The Morgan fingerprint density at radius 1 is 1.24 bits per heavy atom. The number of carbonyl (C=O) groups is 1. The van der Waals surface area contributed by atoms with Crippen LogP contribution >= 0.6 is 0 Å². The van der Waals surface area contributed by atoms with Gasteiger partial charge in [-0.25, -0.2) is 0 Å². The molecule has 0 spiro atoms. The summed E-state index contributed by atoms with van der Waals surface area (Å²) in [4.78, 5) is 14.2. The molecule has 0 bridgehead atoms. The van der Waals surface area contributed by atoms with Gasteiger partial charge in [0, 0.05) is 11.0 Å². The second-order valence-electron chi connectivity index (χ2n) is 7.25. The Morgan fingerprint density at radius 2 is 1.81 bits per heavy atom. The number of amides is 1. The highest BCUT2D eigenvalue weighted by atomic mass is 16.5. The van der Waals surface area contributed by atoms with E-state index in [1.165, 1.54) is 4.90 Å². The van der Waals surface area contributed by atoms with E-state index in [2.05, 4.69) is 0 Å². The van der Waals surface area contributed by atoms with Crippen LogP contribution in [0.25, 0.3) is 0 Å². The number of ether oxygens (including phenoxy) is 1. The smallest absolute Gasteiger partial charge is 0.254 e. The minimum atomic E-state index is -0.842. The summed E-state index contributed by atoms with van der Waals surface area (Å²) in [6.07, 6.45) is -1.47. The average molecular weight is 291 g/mol. The first-order valence-corrected chi connectivity index (χ1v) is 7.32. The molecular weight excluding hydrogens is 266 g/mol. The Hall–Kier alpha value is -1.39. The highest BCUT2D eigenvalue weighted by Gasteiger charge is 2.56. The van der Waals surface area contributed by atoms with Gasteiger partial charge >= 0.3 is 0 Å². The summed E-state index contributed by atoms with van der Waals surface area (Å²) in [5.74, 6) is -0.143. The molecule has 4 nitrogen and oxygen atoms in total. The Labute approximate surface area is 126 Å². The number of hydrogen-bond acceptors (Lipinski definition) is 3. The molecule has 4 heteroatoms. The molecule has 1 aliphatic heterocycles. The van der Waals surface area contributed by atoms with E-state index < -0.39 is 23.3 Å². The Kier molecular flexibility index (Phi) is 4.13. The van der Waals surface area contributed by atoms with Crippen molar-refractivity contribution >= 4 is 5.91 Å². The van der Waals surface area contributed by atoms with E-state index in [0.29, 0.717) is 6.61 Å². The standard InChI is InChI=1S/C17H25NO3/c1-16(2,3)18-14(19)13(17(4,5)15(18)20)21-11-12-9-7-6-8-10-12/h6-10,13,15,20H,11H2,1-5H3/t13-,15-/m1/s1. The van der Waals surface area contributed by atoms with Crippen LogP contribution in [-0.2, 0) is 16.1 Å². The van der Waals surface area contributed by atoms with Crippen LogP contribution in [-0.4, -0.2) is 33.8 Å². The Morgan fingerprint density at radius 3 is 2.29 bits per heavy atom. The molecule has 1 aromatic carbocycles. The summed E-state index contributed by atoms with van der Waals surface area (Å²) in [5.41, 5.74) is -0.0533. The molecule has 2 atom stereocenters. The lowest BCUT2D eigenvalue weighted by Gasteiger charge is -2.37. The van der Waals surface area contributed by atoms with Crippen molar-refractivity contribution in [3.05, 3.63) is 35.9 Å². The summed E-state index contributed by atoms with van der Waals surface area (Å²) in [5, 5.41) is 10.5. The molecule has 1 saturated heterocycles. The van der Waals surface area contributed by atoms with Crippen molar-refractivity contribution < 1.29 is 14.6 Å². The molecule has 1 aliphatic rings. The third-order valence-corrected chi connectivity index (χ3v) is 4.03. The molecule has 1 amide bonds. The summed E-state index contributed by atoms with van der Waals surface area (Å²) in [6.45, 7) is 9.87. The lowest BCUT2D eigenvalue weighted by Crippen LogP contribution is -2.49. The van der Waals surface area contributed by atoms with Gasteiger partial charge in [-0.05, 0) is 26.3 Å². The van der Waals surface area contributed by atoms with Gasteiger partial charge in [0.2, 0.25) is 0 Å². The fraction of sp³-hybridized carbons (Fsp3) is 0.588. The highest BCUT2D eigenvalue weighted by molar-refractivity contribution is 5.85. The number of benzene rings is 1. The number of rotatable bonds is 3. The quantitative estimate of drug-likeness (QED) is 0.931. The molecule has 0 radical (unpaired) electrons. The van der Waals surface area contributed by atoms with Crippen LogP contribution in [0.5, 0.6) is 0 Å². The van der Waals surface area contributed by atoms with E-state index in [0.717, 1.165) is 5.56 Å². The monoisotopic (exact) mass is 291 g/mol. The fourth-order valence-corrected chi connectivity index (χ4v) is 2.77. The van der Waals surface area contributed by atoms with Gasteiger partial charge in [0.1, 0.15) is 12.3 Å². The van der Waals surface area contributed by atoms with Crippen LogP contribution in [0.15, 0.2) is 30.3 Å². The lowest BCUT2D eigenvalue weighted by atomic mass is 9.87. The van der Waals surface area contributed by atoms with Gasteiger partial charge in [0.25, 0.3) is 5.91 Å². The fourth-order valence-electron chi connectivity index (χ4n) is 2.77. The lowest BCUT2D eigenvalue weighted by molar-refractivity contribution is -0.147. The van der Waals surface area contributed by atoms with Crippen LogP contribution < -0.4 is 0 Å². The van der Waals surface area contributed by atoms with E-state index in [9.17, 15) is 9.90 Å². The zero-order chi connectivity index (χ0) is 15.8. The van der Waals surface area contributed by atoms with Gasteiger partial charge in [-0.2, -0.15) is 0 Å². The largest absolute Gasteiger partial charge is 0.373 e. The topological polar surface area (TPSA) is 49.8 Å². The Bertz CT molecular complexity index is 505. The zero-order valence-corrected chi connectivity index (χ0v) is 13.5. The van der Waals surface area contributed by atoms with E-state index in [-0.39, 0.29) is 5.91 Å². The second-order valence-corrected chi connectivity index (χ2v) is 7.25. The summed E-state index contributed by atoms with van der Waals surface area (Å²) >= 11 is 0. The predicted molar refractivity (Wildman–Crippen MR) is 81.4 cm³/mol. The van der Waals surface area contributed by atoms with Crippen molar-refractivity contribution in [3.8, 4) is 0 Å². The minimum Gasteiger partial charge on any atom is -0.373 e. The van der Waals surface area contributed by atoms with Crippen molar-refractivity contribution in [3.63, 3.8) is 0 Å². The van der Waals surface area contributed by atoms with E-state index in [1.807, 2.05) is 65.0 Å². The van der Waals surface area contributed by atoms with Crippen molar-refractivity contribution in [2.24, 2.45) is 5.41 Å². The maximum atomic E-state index is 12.6. The van der Waals surface area contributed by atoms with Crippen LogP contribution in [0.1, 0.15) is 40.2 Å². The predicted octanol–water partition coefficient (Wildman–Crippen LogP) is 2.56. The number of nitrogens with zero attached hydrogens (tertiary/aromatic N) is 1. The van der Waals surface area contributed by atoms with Gasteiger partial charge in [0.05, 0.1) is 6.61 Å². The molecule has 2 rings (SSSR count). The number of likely N-dealkylation sites (tertiary alicyclic amines) is 1. The molecule has 1 heterocycles. The molecule has 0 aromatic heterocycles. The van der Waals surface area contributed by atoms with Crippen molar-refractivity contribution in [1.82, 2.24) is 4.90 Å². The first-order chi connectivity index (χ1) is 9.65. The van der Waals surface area contributed by atoms with Crippen molar-refractivity contribution in [1.29, 1.82) is 0 Å². The minimum absolute atomic E-state index is 0.143. The van der Waals surface area contributed by atoms with Crippen molar-refractivity contribution in [2.75, 3.05) is 0 Å².